The molecule has 2 aromatic heterocycles. The molecule has 0 N–H and O–H groups in total. The topological polar surface area (TPSA) is 85.3 Å². The predicted octanol–water partition coefficient (Wildman–Crippen LogP) is 4.75. The first kappa shape index (κ1) is 24.4. The lowest BCUT2D eigenvalue weighted by Crippen LogP contribution is -2.34. The van der Waals surface area contributed by atoms with Gasteiger partial charge in [-0.05, 0) is 49.1 Å². The Balaban J connectivity index is 1.30. The number of aromatic nitrogens is 3. The van der Waals surface area contributed by atoms with Gasteiger partial charge >= 0.3 is 5.51 Å². The highest BCUT2D eigenvalue weighted by molar-refractivity contribution is 7.92. The Labute approximate surface area is 199 Å². The Morgan fingerprint density at radius 2 is 1.76 bits per heavy atom. The molecule has 7 nitrogen and oxygen atoms in total. The molecule has 0 aliphatic carbocycles. The number of nitrogens with zero attached hydrogens (tertiary/aromatic N) is 4. The van der Waals surface area contributed by atoms with Crippen molar-refractivity contribution in [1.82, 2.24) is 15.0 Å². The van der Waals surface area contributed by atoms with Crippen molar-refractivity contribution in [2.75, 3.05) is 18.0 Å². The SMILES string of the molecule is CCc1cnc(N2CCC(c3nc(COc4ccc(S(=O)(=O)C(F)(F)F)cc4)cs3)CC2)nc1. The van der Waals surface area contributed by atoms with Crippen molar-refractivity contribution >= 4 is 27.1 Å². The minimum atomic E-state index is -5.37. The van der Waals surface area contributed by atoms with E-state index in [2.05, 4.69) is 26.8 Å². The molecule has 0 atom stereocenters. The molecule has 4 rings (SSSR count). The minimum absolute atomic E-state index is 0.137. The zero-order chi connectivity index (χ0) is 24.3. The lowest BCUT2D eigenvalue weighted by molar-refractivity contribution is -0.0436. The number of hydrogen-bond acceptors (Lipinski definition) is 8. The van der Waals surface area contributed by atoms with Crippen molar-refractivity contribution in [3.05, 3.63) is 58.3 Å². The van der Waals surface area contributed by atoms with Crippen LogP contribution in [0, 0.1) is 0 Å². The maximum Gasteiger partial charge on any atom is 0.501 e. The third kappa shape index (κ3) is 5.33. The number of piperidine rings is 1. The number of ether oxygens (including phenoxy) is 1. The van der Waals surface area contributed by atoms with Gasteiger partial charge in [-0.25, -0.2) is 23.4 Å². The Bertz CT molecular complexity index is 1210. The summed E-state index contributed by atoms with van der Waals surface area (Å²) in [5.41, 5.74) is -3.51. The van der Waals surface area contributed by atoms with Gasteiger partial charge in [-0.2, -0.15) is 13.2 Å². The lowest BCUT2D eigenvalue weighted by Gasteiger charge is -2.31. The van der Waals surface area contributed by atoms with Crippen LogP contribution in [0.4, 0.5) is 19.1 Å². The normalized spacial score (nSPS) is 15.5. The second-order valence-electron chi connectivity index (χ2n) is 7.89. The van der Waals surface area contributed by atoms with Gasteiger partial charge in [0.2, 0.25) is 5.95 Å². The molecule has 1 saturated heterocycles. The van der Waals surface area contributed by atoms with Crippen molar-refractivity contribution in [2.24, 2.45) is 0 Å². The van der Waals surface area contributed by atoms with Gasteiger partial charge in [-0.1, -0.05) is 6.92 Å². The highest BCUT2D eigenvalue weighted by Crippen LogP contribution is 2.33. The third-order valence-electron chi connectivity index (χ3n) is 5.62. The maximum atomic E-state index is 12.6. The number of benzene rings is 1. The number of anilines is 1. The summed E-state index contributed by atoms with van der Waals surface area (Å²) in [5, 5.41) is 2.92. The van der Waals surface area contributed by atoms with Crippen LogP contribution in [0.15, 0.2) is 46.9 Å². The summed E-state index contributed by atoms with van der Waals surface area (Å²) in [6.07, 6.45) is 6.50. The summed E-state index contributed by atoms with van der Waals surface area (Å²) in [7, 11) is -5.37. The predicted molar refractivity (Wildman–Crippen MR) is 122 cm³/mol. The van der Waals surface area contributed by atoms with Gasteiger partial charge in [0, 0.05) is 36.8 Å². The van der Waals surface area contributed by atoms with E-state index in [0.29, 0.717) is 11.6 Å². The van der Waals surface area contributed by atoms with Crippen LogP contribution in [0.2, 0.25) is 0 Å². The van der Waals surface area contributed by atoms with Gasteiger partial charge in [-0.3, -0.25) is 0 Å². The summed E-state index contributed by atoms with van der Waals surface area (Å²) >= 11 is 1.56. The van der Waals surface area contributed by atoms with E-state index in [1.807, 2.05) is 17.8 Å². The van der Waals surface area contributed by atoms with Crippen LogP contribution < -0.4 is 9.64 Å². The van der Waals surface area contributed by atoms with E-state index in [9.17, 15) is 21.6 Å². The fourth-order valence-electron chi connectivity index (χ4n) is 3.60. The number of sulfone groups is 1. The lowest BCUT2D eigenvalue weighted by atomic mass is 9.98. The average Bonchev–Trinajstić information content (AvgIpc) is 3.32. The molecule has 3 heterocycles. The van der Waals surface area contributed by atoms with Crippen LogP contribution in [0.3, 0.4) is 0 Å². The van der Waals surface area contributed by atoms with E-state index >= 15 is 0 Å². The van der Waals surface area contributed by atoms with E-state index in [1.54, 1.807) is 11.3 Å². The van der Waals surface area contributed by atoms with Gasteiger partial charge in [-0.15, -0.1) is 11.3 Å². The molecule has 182 valence electrons. The first-order chi connectivity index (χ1) is 16.2. The van der Waals surface area contributed by atoms with Crippen molar-refractivity contribution in [1.29, 1.82) is 0 Å². The highest BCUT2D eigenvalue weighted by atomic mass is 32.2. The number of hydrogen-bond donors (Lipinski definition) is 0. The summed E-state index contributed by atoms with van der Waals surface area (Å²) in [6.45, 7) is 3.89. The average molecular weight is 513 g/mol. The zero-order valence-electron chi connectivity index (χ0n) is 18.3. The second-order valence-corrected chi connectivity index (χ2v) is 10.7. The molecule has 1 aliphatic rings. The molecule has 0 radical (unpaired) electrons. The molecule has 0 bridgehead atoms. The fraction of sp³-hybridized carbons (Fsp3) is 0.409. The Kier molecular flexibility index (Phi) is 7.08. The summed E-state index contributed by atoms with van der Waals surface area (Å²) in [5.74, 6) is 1.34. The van der Waals surface area contributed by atoms with E-state index in [-0.39, 0.29) is 12.4 Å². The molecule has 1 aromatic carbocycles. The first-order valence-corrected chi connectivity index (χ1v) is 13.1. The highest BCUT2D eigenvalue weighted by Gasteiger charge is 2.46. The van der Waals surface area contributed by atoms with E-state index in [1.165, 1.54) is 12.1 Å². The van der Waals surface area contributed by atoms with Crippen LogP contribution in [0.25, 0.3) is 0 Å². The van der Waals surface area contributed by atoms with Crippen LogP contribution >= 0.6 is 11.3 Å². The van der Waals surface area contributed by atoms with Gasteiger partial charge in [0.05, 0.1) is 15.6 Å². The molecule has 0 saturated carbocycles. The van der Waals surface area contributed by atoms with Gasteiger partial charge in [0.1, 0.15) is 12.4 Å². The smallest absolute Gasteiger partial charge is 0.487 e. The van der Waals surface area contributed by atoms with Crippen LogP contribution in [-0.4, -0.2) is 42.0 Å². The summed E-state index contributed by atoms with van der Waals surface area (Å²) in [4.78, 5) is 14.9. The third-order valence-corrected chi connectivity index (χ3v) is 8.18. The maximum absolute atomic E-state index is 12.6. The van der Waals surface area contributed by atoms with Crippen LogP contribution in [0.1, 0.15) is 41.9 Å². The van der Waals surface area contributed by atoms with E-state index < -0.39 is 20.2 Å². The Morgan fingerprint density at radius 3 is 2.35 bits per heavy atom. The second kappa shape index (κ2) is 9.87. The molecular formula is C22H23F3N4O3S2. The first-order valence-electron chi connectivity index (χ1n) is 10.7. The Morgan fingerprint density at radius 1 is 1.12 bits per heavy atom. The molecule has 0 amide bonds. The van der Waals surface area contributed by atoms with Crippen molar-refractivity contribution in [3.63, 3.8) is 0 Å². The largest absolute Gasteiger partial charge is 0.501 e. The Hall–Kier alpha value is -2.73. The number of aryl methyl sites for hydroxylation is 1. The molecule has 0 unspecified atom stereocenters. The van der Waals surface area contributed by atoms with Crippen molar-refractivity contribution in [2.45, 2.75) is 49.1 Å². The molecular weight excluding hydrogens is 489 g/mol. The quantitative estimate of drug-likeness (QED) is 0.452. The fourth-order valence-corrected chi connectivity index (χ4v) is 5.34. The van der Waals surface area contributed by atoms with E-state index in [0.717, 1.165) is 61.0 Å². The number of rotatable bonds is 7. The molecule has 1 fully saturated rings. The molecule has 34 heavy (non-hydrogen) atoms. The molecule has 1 aliphatic heterocycles. The number of thiazole rings is 1. The van der Waals surface area contributed by atoms with Gasteiger partial charge < -0.3 is 9.64 Å². The number of halogens is 3. The summed E-state index contributed by atoms with van der Waals surface area (Å²) < 4.78 is 66.4. The zero-order valence-corrected chi connectivity index (χ0v) is 20.0. The molecule has 12 heteroatoms. The van der Waals surface area contributed by atoms with Gasteiger partial charge in [0.15, 0.2) is 0 Å². The standard InChI is InChI=1S/C22H23F3N4O3S2/c1-2-15-11-26-21(27-12-15)29-9-7-16(8-10-29)20-28-17(14-33-20)13-32-18-3-5-19(6-4-18)34(30,31)22(23,24)25/h3-6,11-12,14,16H,2,7-10,13H2,1H3. The molecule has 0 spiro atoms. The molecule has 3 aromatic rings. The van der Waals surface area contributed by atoms with Crippen molar-refractivity contribution < 1.29 is 26.3 Å². The monoisotopic (exact) mass is 512 g/mol. The van der Waals surface area contributed by atoms with Crippen LogP contribution in [-0.2, 0) is 22.9 Å². The van der Waals surface area contributed by atoms with Crippen molar-refractivity contribution in [3.8, 4) is 5.75 Å². The van der Waals surface area contributed by atoms with Gasteiger partial charge in [0.25, 0.3) is 9.84 Å². The summed E-state index contributed by atoms with van der Waals surface area (Å²) in [6, 6.07) is 4.18. The van der Waals surface area contributed by atoms with E-state index in [4.69, 9.17) is 4.74 Å². The van der Waals surface area contributed by atoms with Crippen LogP contribution in [0.5, 0.6) is 5.75 Å². The minimum Gasteiger partial charge on any atom is -0.487 e. The number of alkyl halides is 3.